The van der Waals surface area contributed by atoms with Crippen LogP contribution < -0.4 is 10.6 Å². The molecule has 0 saturated carbocycles. The fraction of sp³-hybridized carbons (Fsp3) is 0.688. The summed E-state index contributed by atoms with van der Waals surface area (Å²) in [5, 5.41) is 7.91. The first kappa shape index (κ1) is 21.9. The second-order valence-corrected chi connectivity index (χ2v) is 7.15. The van der Waals surface area contributed by atoms with Crippen molar-refractivity contribution < 1.29 is 9.53 Å². The lowest BCUT2D eigenvalue weighted by Crippen LogP contribution is -2.50. The van der Waals surface area contributed by atoms with Crippen LogP contribution in [0.15, 0.2) is 4.99 Å². The summed E-state index contributed by atoms with van der Waals surface area (Å²) in [5.41, 5.74) is 1.12. The van der Waals surface area contributed by atoms with Gasteiger partial charge in [0.15, 0.2) is 5.96 Å². The van der Waals surface area contributed by atoms with Crippen LogP contribution in [0.3, 0.4) is 0 Å². The first-order valence-corrected chi connectivity index (χ1v) is 9.08. The smallest absolute Gasteiger partial charge is 0.409 e. The number of piperidine rings is 1. The first-order valence-electron chi connectivity index (χ1n) is 8.26. The molecule has 0 spiro atoms. The number of likely N-dealkylation sites (tertiary alicyclic amines) is 1. The van der Waals surface area contributed by atoms with E-state index in [2.05, 4.69) is 27.5 Å². The maximum Gasteiger partial charge on any atom is 0.409 e. The number of rotatable bonds is 4. The van der Waals surface area contributed by atoms with E-state index in [0.717, 1.165) is 42.5 Å². The summed E-state index contributed by atoms with van der Waals surface area (Å²) in [4.78, 5) is 23.3. The van der Waals surface area contributed by atoms with E-state index in [-0.39, 0.29) is 30.1 Å². The third kappa shape index (κ3) is 6.61. The fourth-order valence-electron chi connectivity index (χ4n) is 2.82. The van der Waals surface area contributed by atoms with Crippen molar-refractivity contribution in [2.45, 2.75) is 39.2 Å². The lowest BCUT2D eigenvalue weighted by atomic mass is 10.1. The van der Waals surface area contributed by atoms with Crippen molar-refractivity contribution >= 4 is 47.4 Å². The van der Waals surface area contributed by atoms with Crippen molar-refractivity contribution in [3.05, 3.63) is 15.6 Å². The van der Waals surface area contributed by atoms with E-state index in [9.17, 15) is 4.79 Å². The molecule has 0 radical (unpaired) electrons. The third-order valence-electron chi connectivity index (χ3n) is 4.14. The van der Waals surface area contributed by atoms with Crippen LogP contribution in [0.5, 0.6) is 0 Å². The van der Waals surface area contributed by atoms with Gasteiger partial charge in [0, 0.05) is 44.0 Å². The van der Waals surface area contributed by atoms with Gasteiger partial charge in [-0.2, -0.15) is 0 Å². The van der Waals surface area contributed by atoms with E-state index in [4.69, 9.17) is 4.74 Å². The molecule has 0 unspecified atom stereocenters. The zero-order chi connectivity index (χ0) is 17.5. The minimum absolute atomic E-state index is 0. The standard InChI is InChI=1S/C16H27N5O2S.HI/c1-11-14(24-12(2)19-11)5-8-18-15(17-3)20-13-6-9-21(10-7-13)16(22)23-4;/h13H,5-10H2,1-4H3,(H2,17,18,20);1H. The largest absolute Gasteiger partial charge is 0.453 e. The molecule has 2 heterocycles. The fourth-order valence-corrected chi connectivity index (χ4v) is 3.76. The molecule has 1 saturated heterocycles. The molecule has 0 aliphatic carbocycles. The number of ether oxygens (including phenoxy) is 1. The molecule has 1 aromatic heterocycles. The normalized spacial score (nSPS) is 15.5. The number of hydrogen-bond acceptors (Lipinski definition) is 5. The number of carbonyl (C=O) groups is 1. The van der Waals surface area contributed by atoms with Gasteiger partial charge in [0.1, 0.15) is 0 Å². The molecule has 142 valence electrons. The monoisotopic (exact) mass is 481 g/mol. The summed E-state index contributed by atoms with van der Waals surface area (Å²) in [7, 11) is 3.20. The highest BCUT2D eigenvalue weighted by Crippen LogP contribution is 2.17. The molecule has 1 fully saturated rings. The Kier molecular flexibility index (Phi) is 9.47. The van der Waals surface area contributed by atoms with Gasteiger partial charge in [0.2, 0.25) is 0 Å². The molecular formula is C16H28IN5O2S. The number of aryl methyl sites for hydroxylation is 2. The molecular weight excluding hydrogens is 453 g/mol. The highest BCUT2D eigenvalue weighted by molar-refractivity contribution is 14.0. The molecule has 0 aromatic carbocycles. The first-order chi connectivity index (χ1) is 11.5. The quantitative estimate of drug-likeness (QED) is 0.392. The Labute approximate surface area is 170 Å². The van der Waals surface area contributed by atoms with E-state index < -0.39 is 0 Å². The molecule has 1 aromatic rings. The molecule has 0 atom stereocenters. The molecule has 2 N–H and O–H groups in total. The Bertz CT molecular complexity index is 585. The number of amides is 1. The highest BCUT2D eigenvalue weighted by atomic mass is 127. The minimum atomic E-state index is -0.244. The number of halogens is 1. The molecule has 9 heteroatoms. The van der Waals surface area contributed by atoms with Gasteiger partial charge in [0.25, 0.3) is 0 Å². The summed E-state index contributed by atoms with van der Waals surface area (Å²) >= 11 is 1.75. The lowest BCUT2D eigenvalue weighted by Gasteiger charge is -2.32. The SMILES string of the molecule is CN=C(NCCc1sc(C)nc1C)NC1CCN(C(=O)OC)CC1.I. The number of thiazole rings is 1. The number of aliphatic imine (C=N–C) groups is 1. The predicted molar refractivity (Wildman–Crippen MR) is 112 cm³/mol. The van der Waals surface area contributed by atoms with Gasteiger partial charge < -0.3 is 20.3 Å². The van der Waals surface area contributed by atoms with Crippen LogP contribution in [0, 0.1) is 13.8 Å². The number of carbonyl (C=O) groups excluding carboxylic acids is 1. The Morgan fingerprint density at radius 1 is 1.40 bits per heavy atom. The summed E-state index contributed by atoms with van der Waals surface area (Å²) in [6.07, 6.45) is 2.48. The van der Waals surface area contributed by atoms with Crippen molar-refractivity contribution in [1.29, 1.82) is 0 Å². The van der Waals surface area contributed by atoms with E-state index in [1.807, 2.05) is 6.92 Å². The van der Waals surface area contributed by atoms with Crippen LogP contribution in [0.1, 0.15) is 28.4 Å². The van der Waals surface area contributed by atoms with E-state index in [0.29, 0.717) is 19.1 Å². The van der Waals surface area contributed by atoms with Crippen LogP contribution in [-0.4, -0.2) is 61.8 Å². The average molecular weight is 481 g/mol. The lowest BCUT2D eigenvalue weighted by molar-refractivity contribution is 0.111. The maximum atomic E-state index is 11.5. The van der Waals surface area contributed by atoms with Crippen LogP contribution in [0.4, 0.5) is 4.79 Å². The summed E-state index contributed by atoms with van der Waals surface area (Å²) in [5.74, 6) is 0.811. The van der Waals surface area contributed by atoms with Crippen molar-refractivity contribution in [3.8, 4) is 0 Å². The van der Waals surface area contributed by atoms with Crippen LogP contribution in [0.2, 0.25) is 0 Å². The molecule has 1 aliphatic heterocycles. The van der Waals surface area contributed by atoms with Crippen molar-refractivity contribution in [1.82, 2.24) is 20.5 Å². The van der Waals surface area contributed by atoms with Gasteiger partial charge in [-0.15, -0.1) is 35.3 Å². The summed E-state index contributed by atoms with van der Waals surface area (Å²) in [6.45, 7) is 6.33. The second kappa shape index (κ2) is 10.8. The summed E-state index contributed by atoms with van der Waals surface area (Å²) in [6, 6.07) is 0.324. The maximum absolute atomic E-state index is 11.5. The number of aromatic nitrogens is 1. The molecule has 25 heavy (non-hydrogen) atoms. The molecule has 1 amide bonds. The molecule has 2 rings (SSSR count). The average Bonchev–Trinajstić information content (AvgIpc) is 2.91. The van der Waals surface area contributed by atoms with Crippen LogP contribution in [0.25, 0.3) is 0 Å². The van der Waals surface area contributed by atoms with Gasteiger partial charge in [-0.1, -0.05) is 0 Å². The van der Waals surface area contributed by atoms with Crippen LogP contribution >= 0.6 is 35.3 Å². The molecule has 0 bridgehead atoms. The minimum Gasteiger partial charge on any atom is -0.453 e. The van der Waals surface area contributed by atoms with Gasteiger partial charge >= 0.3 is 6.09 Å². The van der Waals surface area contributed by atoms with Gasteiger partial charge in [-0.05, 0) is 26.7 Å². The van der Waals surface area contributed by atoms with Gasteiger partial charge in [0.05, 0.1) is 17.8 Å². The Balaban J connectivity index is 0.00000312. The molecule has 1 aliphatic rings. The second-order valence-electron chi connectivity index (χ2n) is 5.87. The number of nitrogens with one attached hydrogen (secondary N) is 2. The predicted octanol–water partition coefficient (Wildman–Crippen LogP) is 2.32. The number of methoxy groups -OCH3 is 1. The highest BCUT2D eigenvalue weighted by Gasteiger charge is 2.23. The van der Waals surface area contributed by atoms with Crippen molar-refractivity contribution in [3.63, 3.8) is 0 Å². The Morgan fingerprint density at radius 3 is 2.60 bits per heavy atom. The number of guanidine groups is 1. The van der Waals surface area contributed by atoms with E-state index in [1.165, 1.54) is 12.0 Å². The third-order valence-corrected chi connectivity index (χ3v) is 5.27. The Morgan fingerprint density at radius 2 is 2.08 bits per heavy atom. The number of nitrogens with zero attached hydrogens (tertiary/aromatic N) is 3. The van der Waals surface area contributed by atoms with Crippen molar-refractivity contribution in [2.75, 3.05) is 33.8 Å². The van der Waals surface area contributed by atoms with E-state index >= 15 is 0 Å². The van der Waals surface area contributed by atoms with Gasteiger partial charge in [-0.25, -0.2) is 9.78 Å². The van der Waals surface area contributed by atoms with Gasteiger partial charge in [-0.3, -0.25) is 4.99 Å². The van der Waals surface area contributed by atoms with E-state index in [1.54, 1.807) is 23.3 Å². The van der Waals surface area contributed by atoms with Crippen molar-refractivity contribution in [2.24, 2.45) is 4.99 Å². The zero-order valence-electron chi connectivity index (χ0n) is 15.3. The zero-order valence-corrected chi connectivity index (χ0v) is 18.4. The molecule has 7 nitrogen and oxygen atoms in total. The number of hydrogen-bond donors (Lipinski definition) is 2. The van der Waals surface area contributed by atoms with Crippen LogP contribution in [-0.2, 0) is 11.2 Å². The summed E-state index contributed by atoms with van der Waals surface area (Å²) < 4.78 is 4.76. The Hall–Kier alpha value is -1.10. The topological polar surface area (TPSA) is 78.9 Å².